The highest BCUT2D eigenvalue weighted by Gasteiger charge is 2.19. The third kappa shape index (κ3) is 5.71. The summed E-state index contributed by atoms with van der Waals surface area (Å²) in [5, 5.41) is 20.8. The number of aliphatic carboxylic acids is 1. The maximum absolute atomic E-state index is 11.3. The van der Waals surface area contributed by atoms with Crippen molar-refractivity contribution in [2.75, 3.05) is 11.5 Å². The van der Waals surface area contributed by atoms with Crippen LogP contribution >= 0.6 is 11.8 Å². The normalized spacial score (nSPS) is 16.6. The number of thioether (sulfide) groups is 1. The lowest BCUT2D eigenvalue weighted by molar-refractivity contribution is -0.140. The molecule has 3 N–H and O–H groups in total. The van der Waals surface area contributed by atoms with Gasteiger partial charge in [0.2, 0.25) is 5.91 Å². The lowest BCUT2D eigenvalue weighted by Crippen LogP contribution is -2.41. The van der Waals surface area contributed by atoms with Gasteiger partial charge in [0.15, 0.2) is 0 Å². The van der Waals surface area contributed by atoms with Crippen LogP contribution in [0.4, 0.5) is 0 Å². The lowest BCUT2D eigenvalue weighted by atomic mass is 10.2. The molecule has 0 aliphatic carbocycles. The zero-order valence-corrected chi connectivity index (χ0v) is 10.8. The fourth-order valence-electron chi connectivity index (χ4n) is 1.30. The van der Waals surface area contributed by atoms with Crippen LogP contribution in [0.15, 0.2) is 24.5 Å². The minimum Gasteiger partial charge on any atom is -0.480 e. The van der Waals surface area contributed by atoms with E-state index in [9.17, 15) is 14.7 Å². The van der Waals surface area contributed by atoms with Gasteiger partial charge in [0.1, 0.15) is 6.04 Å². The van der Waals surface area contributed by atoms with E-state index in [-0.39, 0.29) is 11.5 Å². The number of aromatic nitrogens is 1. The van der Waals surface area contributed by atoms with Crippen LogP contribution in [0.2, 0.25) is 0 Å². The standard InChI is InChI=1S/C12H16N2O4S/c1-8(15)14-10(12(17)18)6-19-7-11(16)9-3-2-4-13-5-9/h2-5,10-11,16H,6-7H2,1H3,(H,14,15)(H,17,18)/t10-,11?/m0/s1/i1D3. The Kier molecular flexibility index (Phi) is 4.59. The van der Waals surface area contributed by atoms with Gasteiger partial charge in [-0.3, -0.25) is 9.78 Å². The van der Waals surface area contributed by atoms with E-state index < -0.39 is 30.9 Å². The predicted molar refractivity (Wildman–Crippen MR) is 71.8 cm³/mol. The number of aliphatic hydroxyl groups excluding tert-OH is 1. The summed E-state index contributed by atoms with van der Waals surface area (Å²) in [6.45, 7) is -2.90. The van der Waals surface area contributed by atoms with Crippen molar-refractivity contribution < 1.29 is 23.9 Å². The Balaban J connectivity index is 2.48. The van der Waals surface area contributed by atoms with Gasteiger partial charge in [0, 0.05) is 34.9 Å². The smallest absolute Gasteiger partial charge is 0.327 e. The monoisotopic (exact) mass is 287 g/mol. The molecule has 0 saturated carbocycles. The van der Waals surface area contributed by atoms with Gasteiger partial charge in [-0.05, 0) is 11.6 Å². The van der Waals surface area contributed by atoms with Crippen molar-refractivity contribution in [2.45, 2.75) is 19.0 Å². The molecule has 6 nitrogen and oxygen atoms in total. The van der Waals surface area contributed by atoms with Crippen LogP contribution in [0.25, 0.3) is 0 Å². The second kappa shape index (κ2) is 7.75. The van der Waals surface area contributed by atoms with E-state index in [2.05, 4.69) is 4.98 Å². The Bertz CT molecular complexity index is 513. The Morgan fingerprint density at radius 1 is 1.58 bits per heavy atom. The second-order valence-corrected chi connectivity index (χ2v) is 4.78. The summed E-state index contributed by atoms with van der Waals surface area (Å²) in [5.74, 6) is -2.51. The summed E-state index contributed by atoms with van der Waals surface area (Å²) in [6, 6.07) is 2.02. The first-order valence-electron chi connectivity index (χ1n) is 6.91. The Morgan fingerprint density at radius 3 is 2.95 bits per heavy atom. The van der Waals surface area contributed by atoms with E-state index in [1.165, 1.54) is 6.20 Å². The summed E-state index contributed by atoms with van der Waals surface area (Å²) >= 11 is 1.09. The number of carboxylic acids is 1. The SMILES string of the molecule is [2H]C([2H])([2H])C(=O)N[C@@H](CSCC(O)c1cccnc1)C(=O)O. The number of hydrogen-bond donors (Lipinski definition) is 3. The first-order valence-corrected chi connectivity index (χ1v) is 6.57. The molecule has 0 spiro atoms. The molecular weight excluding hydrogens is 268 g/mol. The number of carbonyl (C=O) groups excluding carboxylic acids is 1. The minimum atomic E-state index is -2.90. The van der Waals surface area contributed by atoms with Gasteiger partial charge in [0.05, 0.1) is 6.10 Å². The maximum Gasteiger partial charge on any atom is 0.327 e. The number of aliphatic hydroxyl groups is 1. The van der Waals surface area contributed by atoms with Crippen molar-refractivity contribution in [3.8, 4) is 0 Å². The van der Waals surface area contributed by atoms with Gasteiger partial charge >= 0.3 is 5.97 Å². The number of hydrogen-bond acceptors (Lipinski definition) is 5. The molecular formula is C12H16N2O4S. The highest BCUT2D eigenvalue weighted by atomic mass is 32.2. The van der Waals surface area contributed by atoms with Crippen LogP contribution in [0, 0.1) is 0 Å². The van der Waals surface area contributed by atoms with Crippen molar-refractivity contribution in [2.24, 2.45) is 0 Å². The highest BCUT2D eigenvalue weighted by Crippen LogP contribution is 2.17. The first kappa shape index (κ1) is 11.2. The third-order valence-corrected chi connectivity index (χ3v) is 3.35. The molecule has 0 aliphatic rings. The fraction of sp³-hybridized carbons (Fsp3) is 0.417. The zero-order valence-electron chi connectivity index (χ0n) is 12.9. The molecule has 7 heteroatoms. The van der Waals surface area contributed by atoms with E-state index in [1.54, 1.807) is 18.3 Å². The quantitative estimate of drug-likeness (QED) is 0.673. The van der Waals surface area contributed by atoms with E-state index in [4.69, 9.17) is 9.22 Å². The number of pyridine rings is 1. The molecule has 0 saturated heterocycles. The molecule has 1 aromatic rings. The van der Waals surface area contributed by atoms with E-state index in [1.807, 2.05) is 5.32 Å². The van der Waals surface area contributed by atoms with Gasteiger partial charge in [-0.25, -0.2) is 4.79 Å². The molecule has 0 bridgehead atoms. The molecule has 1 aromatic heterocycles. The number of rotatable bonds is 7. The Labute approximate surface area is 119 Å². The van der Waals surface area contributed by atoms with Gasteiger partial charge in [-0.15, -0.1) is 0 Å². The van der Waals surface area contributed by atoms with Crippen LogP contribution in [0.3, 0.4) is 0 Å². The van der Waals surface area contributed by atoms with Crippen molar-refractivity contribution in [3.05, 3.63) is 30.1 Å². The molecule has 0 aromatic carbocycles. The number of carbonyl (C=O) groups is 2. The first-order chi connectivity index (χ1) is 10.2. The molecule has 1 heterocycles. The van der Waals surface area contributed by atoms with Crippen molar-refractivity contribution in [1.29, 1.82) is 0 Å². The van der Waals surface area contributed by atoms with Crippen LogP contribution in [-0.2, 0) is 9.59 Å². The maximum atomic E-state index is 11.3. The number of nitrogens with one attached hydrogen (secondary N) is 1. The Morgan fingerprint density at radius 2 is 2.37 bits per heavy atom. The summed E-state index contributed by atoms with van der Waals surface area (Å²) in [7, 11) is 0. The summed E-state index contributed by atoms with van der Waals surface area (Å²) in [6.07, 6.45) is 2.23. The molecule has 0 fully saturated rings. The van der Waals surface area contributed by atoms with Crippen molar-refractivity contribution in [1.82, 2.24) is 10.3 Å². The van der Waals surface area contributed by atoms with E-state index in [0.29, 0.717) is 5.56 Å². The van der Waals surface area contributed by atoms with E-state index in [0.717, 1.165) is 11.8 Å². The van der Waals surface area contributed by atoms with Gasteiger partial charge in [-0.2, -0.15) is 11.8 Å². The molecule has 0 radical (unpaired) electrons. The summed E-state index contributed by atoms with van der Waals surface area (Å²) in [5.41, 5.74) is 0.591. The van der Waals surface area contributed by atoms with Gasteiger partial charge in [0.25, 0.3) is 0 Å². The Hall–Kier alpha value is -1.60. The van der Waals surface area contributed by atoms with Crippen LogP contribution < -0.4 is 5.32 Å². The summed E-state index contributed by atoms with van der Waals surface area (Å²) in [4.78, 5) is 26.2. The number of nitrogens with zero attached hydrogens (tertiary/aromatic N) is 1. The number of amides is 1. The van der Waals surface area contributed by atoms with Crippen LogP contribution in [0.1, 0.15) is 22.6 Å². The zero-order chi connectivity index (χ0) is 16.8. The van der Waals surface area contributed by atoms with Gasteiger partial charge in [-0.1, -0.05) is 6.07 Å². The minimum absolute atomic E-state index is 0.0610. The fourth-order valence-corrected chi connectivity index (χ4v) is 2.31. The van der Waals surface area contributed by atoms with Crippen molar-refractivity contribution >= 4 is 23.6 Å². The topological polar surface area (TPSA) is 99.5 Å². The molecule has 104 valence electrons. The molecule has 2 atom stereocenters. The molecule has 0 aliphatic heterocycles. The molecule has 1 rings (SSSR count). The number of carboxylic acid groups (broad SMARTS) is 1. The van der Waals surface area contributed by atoms with E-state index >= 15 is 0 Å². The average Bonchev–Trinajstić information content (AvgIpc) is 2.45. The molecule has 19 heavy (non-hydrogen) atoms. The lowest BCUT2D eigenvalue weighted by Gasteiger charge is -2.14. The van der Waals surface area contributed by atoms with Gasteiger partial charge < -0.3 is 15.5 Å². The molecule has 1 unspecified atom stereocenters. The molecule has 1 amide bonds. The second-order valence-electron chi connectivity index (χ2n) is 3.70. The third-order valence-electron chi connectivity index (χ3n) is 2.23. The highest BCUT2D eigenvalue weighted by molar-refractivity contribution is 7.99. The summed E-state index contributed by atoms with van der Waals surface area (Å²) < 4.78 is 20.7. The predicted octanol–water partition coefficient (Wildman–Crippen LogP) is 0.438. The van der Waals surface area contributed by atoms with Crippen molar-refractivity contribution in [3.63, 3.8) is 0 Å². The van der Waals surface area contributed by atoms with Crippen LogP contribution in [-0.4, -0.2) is 44.6 Å². The van der Waals surface area contributed by atoms with Crippen LogP contribution in [0.5, 0.6) is 0 Å². The largest absolute Gasteiger partial charge is 0.480 e. The average molecular weight is 287 g/mol.